The maximum atomic E-state index is 12.4. The first-order valence-corrected chi connectivity index (χ1v) is 7.48. The fraction of sp³-hybridized carbons (Fsp3) is 0.214. The molecule has 0 aliphatic heterocycles. The monoisotopic (exact) mass is 324 g/mol. The van der Waals surface area contributed by atoms with E-state index in [1.807, 2.05) is 13.0 Å². The second-order valence-corrected chi connectivity index (χ2v) is 6.13. The van der Waals surface area contributed by atoms with Crippen molar-refractivity contribution >= 4 is 34.5 Å². The van der Waals surface area contributed by atoms with Crippen LogP contribution >= 0.6 is 22.9 Å². The molecular formula is C14H13ClN2O3S. The number of carbonyl (C=O) groups excluding carboxylic acids is 1. The van der Waals surface area contributed by atoms with E-state index in [9.17, 15) is 14.9 Å². The van der Waals surface area contributed by atoms with E-state index in [-0.39, 0.29) is 11.6 Å². The van der Waals surface area contributed by atoms with Gasteiger partial charge in [0.1, 0.15) is 0 Å². The number of hydrogen-bond donors (Lipinski definition) is 0. The number of nitro groups is 1. The molecule has 0 saturated heterocycles. The summed E-state index contributed by atoms with van der Waals surface area (Å²) < 4.78 is 0.670. The Morgan fingerprint density at radius 2 is 2.14 bits per heavy atom. The molecule has 0 atom stereocenters. The molecule has 7 heteroatoms. The standard InChI is InChI=1S/C14H13ClN2O3S/c1-2-16(9-12-6-7-13(15)21-12)14(18)10-4-3-5-11(8-10)17(19)20/h3-8H,2,9H2,1H3. The number of carbonyl (C=O) groups is 1. The lowest BCUT2D eigenvalue weighted by Gasteiger charge is -2.20. The summed E-state index contributed by atoms with van der Waals surface area (Å²) in [4.78, 5) is 25.3. The van der Waals surface area contributed by atoms with Crippen LogP contribution in [0.1, 0.15) is 22.2 Å². The Labute approximate surface area is 130 Å². The molecule has 2 aromatic rings. The van der Waals surface area contributed by atoms with Gasteiger partial charge < -0.3 is 4.90 Å². The van der Waals surface area contributed by atoms with Gasteiger partial charge in [-0.25, -0.2) is 0 Å². The van der Waals surface area contributed by atoms with Gasteiger partial charge in [-0.15, -0.1) is 11.3 Å². The van der Waals surface area contributed by atoms with Crippen molar-refractivity contribution in [3.8, 4) is 0 Å². The maximum absolute atomic E-state index is 12.4. The zero-order valence-corrected chi connectivity index (χ0v) is 12.9. The average molecular weight is 325 g/mol. The Kier molecular flexibility index (Phi) is 4.93. The van der Waals surface area contributed by atoms with Crippen LogP contribution in [0, 0.1) is 10.1 Å². The van der Waals surface area contributed by atoms with Crippen molar-refractivity contribution in [3.05, 3.63) is 61.3 Å². The molecule has 0 radical (unpaired) electrons. The Morgan fingerprint density at radius 1 is 1.38 bits per heavy atom. The van der Waals surface area contributed by atoms with Crippen molar-refractivity contribution < 1.29 is 9.72 Å². The second-order valence-electron chi connectivity index (χ2n) is 4.33. The first-order chi connectivity index (χ1) is 10.0. The van der Waals surface area contributed by atoms with E-state index in [4.69, 9.17) is 11.6 Å². The van der Waals surface area contributed by atoms with Crippen LogP contribution in [0.4, 0.5) is 5.69 Å². The molecule has 1 aromatic heterocycles. The van der Waals surface area contributed by atoms with Crippen molar-refractivity contribution in [2.24, 2.45) is 0 Å². The highest BCUT2D eigenvalue weighted by atomic mass is 35.5. The Morgan fingerprint density at radius 3 is 2.71 bits per heavy atom. The molecule has 0 bridgehead atoms. The first-order valence-electron chi connectivity index (χ1n) is 6.29. The van der Waals surface area contributed by atoms with Crippen LogP contribution in [0.3, 0.4) is 0 Å². The number of benzene rings is 1. The number of hydrogen-bond acceptors (Lipinski definition) is 4. The van der Waals surface area contributed by atoms with Gasteiger partial charge in [-0.1, -0.05) is 17.7 Å². The topological polar surface area (TPSA) is 63.5 Å². The molecule has 0 fully saturated rings. The molecule has 1 aromatic carbocycles. The van der Waals surface area contributed by atoms with Gasteiger partial charge in [-0.2, -0.15) is 0 Å². The summed E-state index contributed by atoms with van der Waals surface area (Å²) in [5, 5.41) is 10.8. The predicted octanol–water partition coefficient (Wildman–Crippen LogP) is 3.97. The molecule has 0 spiro atoms. The van der Waals surface area contributed by atoms with Crippen molar-refractivity contribution in [1.82, 2.24) is 4.90 Å². The molecule has 110 valence electrons. The highest BCUT2D eigenvalue weighted by molar-refractivity contribution is 7.16. The molecule has 0 saturated carbocycles. The lowest BCUT2D eigenvalue weighted by molar-refractivity contribution is -0.384. The summed E-state index contributed by atoms with van der Waals surface area (Å²) in [7, 11) is 0. The summed E-state index contributed by atoms with van der Waals surface area (Å²) in [6, 6.07) is 9.42. The van der Waals surface area contributed by atoms with Gasteiger partial charge >= 0.3 is 0 Å². The average Bonchev–Trinajstić information content (AvgIpc) is 2.89. The summed E-state index contributed by atoms with van der Waals surface area (Å²) >= 11 is 7.29. The van der Waals surface area contributed by atoms with Crippen LogP contribution in [0.5, 0.6) is 0 Å². The zero-order valence-electron chi connectivity index (χ0n) is 11.3. The van der Waals surface area contributed by atoms with Gasteiger partial charge in [0.05, 0.1) is 15.8 Å². The smallest absolute Gasteiger partial charge is 0.270 e. The summed E-state index contributed by atoms with van der Waals surface area (Å²) in [5.41, 5.74) is 0.227. The molecular weight excluding hydrogens is 312 g/mol. The van der Waals surface area contributed by atoms with Crippen LogP contribution in [0.2, 0.25) is 4.34 Å². The van der Waals surface area contributed by atoms with E-state index in [0.717, 1.165) is 4.88 Å². The summed E-state index contributed by atoms with van der Waals surface area (Å²) in [5.74, 6) is -0.231. The van der Waals surface area contributed by atoms with E-state index < -0.39 is 4.92 Å². The minimum absolute atomic E-state index is 0.0870. The quantitative estimate of drug-likeness (QED) is 0.617. The third-order valence-electron chi connectivity index (χ3n) is 2.95. The number of nitro benzene ring substituents is 1. The van der Waals surface area contributed by atoms with Gasteiger partial charge in [-0.3, -0.25) is 14.9 Å². The van der Waals surface area contributed by atoms with Crippen LogP contribution in [-0.4, -0.2) is 22.3 Å². The Hall–Kier alpha value is -1.92. The molecule has 0 N–H and O–H groups in total. The number of amides is 1. The van der Waals surface area contributed by atoms with E-state index in [1.165, 1.54) is 29.5 Å². The van der Waals surface area contributed by atoms with Crippen LogP contribution in [0.25, 0.3) is 0 Å². The molecule has 0 aliphatic carbocycles. The molecule has 0 aliphatic rings. The van der Waals surface area contributed by atoms with E-state index in [1.54, 1.807) is 17.0 Å². The highest BCUT2D eigenvalue weighted by Crippen LogP contribution is 2.23. The van der Waals surface area contributed by atoms with Crippen molar-refractivity contribution in [1.29, 1.82) is 0 Å². The largest absolute Gasteiger partial charge is 0.334 e. The highest BCUT2D eigenvalue weighted by Gasteiger charge is 2.17. The summed E-state index contributed by atoms with van der Waals surface area (Å²) in [6.07, 6.45) is 0. The predicted molar refractivity (Wildman–Crippen MR) is 82.8 cm³/mol. The number of halogens is 1. The lowest BCUT2D eigenvalue weighted by Crippen LogP contribution is -2.30. The minimum atomic E-state index is -0.508. The first kappa shape index (κ1) is 15.5. The van der Waals surface area contributed by atoms with E-state index in [0.29, 0.717) is 23.0 Å². The van der Waals surface area contributed by atoms with Gasteiger partial charge in [0.2, 0.25) is 0 Å². The molecule has 2 rings (SSSR count). The maximum Gasteiger partial charge on any atom is 0.270 e. The minimum Gasteiger partial charge on any atom is -0.334 e. The third-order valence-corrected chi connectivity index (χ3v) is 4.16. The fourth-order valence-electron chi connectivity index (χ4n) is 1.89. The second kappa shape index (κ2) is 6.69. The number of non-ortho nitro benzene ring substituents is 1. The molecule has 5 nitrogen and oxygen atoms in total. The molecule has 21 heavy (non-hydrogen) atoms. The van der Waals surface area contributed by atoms with Gasteiger partial charge in [0, 0.05) is 29.1 Å². The van der Waals surface area contributed by atoms with E-state index >= 15 is 0 Å². The van der Waals surface area contributed by atoms with E-state index in [2.05, 4.69) is 0 Å². The normalized spacial score (nSPS) is 10.4. The SMILES string of the molecule is CCN(Cc1ccc(Cl)s1)C(=O)c1cccc([N+](=O)[O-])c1. The molecule has 1 amide bonds. The van der Waals surface area contributed by atoms with Gasteiger partial charge in [0.15, 0.2) is 0 Å². The Bertz CT molecular complexity index is 672. The fourth-order valence-corrected chi connectivity index (χ4v) is 2.99. The van der Waals surface area contributed by atoms with Gasteiger partial charge in [0.25, 0.3) is 11.6 Å². The number of rotatable bonds is 5. The Balaban J connectivity index is 2.19. The number of thiophene rings is 1. The van der Waals surface area contributed by atoms with Crippen molar-refractivity contribution in [3.63, 3.8) is 0 Å². The van der Waals surface area contributed by atoms with Crippen molar-refractivity contribution in [2.75, 3.05) is 6.54 Å². The van der Waals surface area contributed by atoms with Gasteiger partial charge in [-0.05, 0) is 25.1 Å². The van der Waals surface area contributed by atoms with Crippen LogP contribution in [0.15, 0.2) is 36.4 Å². The van der Waals surface area contributed by atoms with Crippen LogP contribution < -0.4 is 0 Å². The molecule has 0 unspecified atom stereocenters. The third kappa shape index (κ3) is 3.80. The lowest BCUT2D eigenvalue weighted by atomic mass is 10.1. The molecule has 1 heterocycles. The van der Waals surface area contributed by atoms with Crippen LogP contribution in [-0.2, 0) is 6.54 Å². The summed E-state index contributed by atoms with van der Waals surface area (Å²) in [6.45, 7) is 2.82. The van der Waals surface area contributed by atoms with Crippen molar-refractivity contribution in [2.45, 2.75) is 13.5 Å². The zero-order chi connectivity index (χ0) is 15.4. The number of nitrogens with zero attached hydrogens (tertiary/aromatic N) is 2.